The summed E-state index contributed by atoms with van der Waals surface area (Å²) < 4.78 is 0. The van der Waals surface area contributed by atoms with E-state index in [1.54, 1.807) is 6.20 Å². The van der Waals surface area contributed by atoms with Gasteiger partial charge in [-0.1, -0.05) is 18.2 Å². The molecular formula is C16H18N2O2. The number of para-hydroxylation sites is 1. The molecule has 0 spiro atoms. The van der Waals surface area contributed by atoms with Gasteiger partial charge in [-0.15, -0.1) is 0 Å². The molecule has 0 amide bonds. The molecule has 1 aliphatic carbocycles. The first-order valence-corrected chi connectivity index (χ1v) is 7.04. The van der Waals surface area contributed by atoms with E-state index >= 15 is 0 Å². The van der Waals surface area contributed by atoms with Crippen molar-refractivity contribution in [2.45, 2.75) is 31.9 Å². The van der Waals surface area contributed by atoms with Crippen molar-refractivity contribution in [1.29, 1.82) is 0 Å². The molecule has 4 nitrogen and oxygen atoms in total. The van der Waals surface area contributed by atoms with Crippen molar-refractivity contribution in [1.82, 2.24) is 4.98 Å². The van der Waals surface area contributed by atoms with Crippen LogP contribution in [0.4, 0.5) is 5.69 Å². The number of ketones is 1. The molecule has 0 radical (unpaired) electrons. The van der Waals surface area contributed by atoms with Gasteiger partial charge in [0.2, 0.25) is 0 Å². The van der Waals surface area contributed by atoms with E-state index in [0.717, 1.165) is 29.4 Å². The highest BCUT2D eigenvalue weighted by molar-refractivity contribution is 5.90. The van der Waals surface area contributed by atoms with E-state index in [4.69, 9.17) is 0 Å². The fourth-order valence-corrected chi connectivity index (χ4v) is 2.78. The highest BCUT2D eigenvalue weighted by Gasteiger charge is 2.25. The third kappa shape index (κ3) is 2.65. The van der Waals surface area contributed by atoms with Crippen molar-refractivity contribution < 1.29 is 9.90 Å². The standard InChI is InChI=1S/C16H18N2O2/c19-13-8-6-12(7-9-13)16(20)18-14-5-1-3-11-4-2-10-17-15(11)14/h1-5,10,12,16,18,20H,6-9H2. The second kappa shape index (κ2) is 5.59. The Bertz CT molecular complexity index is 611. The van der Waals surface area contributed by atoms with Crippen LogP contribution in [-0.4, -0.2) is 22.1 Å². The Hall–Kier alpha value is -1.94. The molecule has 1 heterocycles. The molecule has 0 aliphatic heterocycles. The summed E-state index contributed by atoms with van der Waals surface area (Å²) in [5, 5.41) is 14.5. The minimum absolute atomic E-state index is 0.131. The van der Waals surface area contributed by atoms with Crippen molar-refractivity contribution in [2.75, 3.05) is 5.32 Å². The van der Waals surface area contributed by atoms with Crippen LogP contribution in [0, 0.1) is 5.92 Å². The smallest absolute Gasteiger partial charge is 0.132 e. The van der Waals surface area contributed by atoms with Crippen molar-refractivity contribution in [3.63, 3.8) is 0 Å². The fraction of sp³-hybridized carbons (Fsp3) is 0.375. The number of aromatic nitrogens is 1. The Kier molecular flexibility index (Phi) is 3.65. The largest absolute Gasteiger partial charge is 0.374 e. The van der Waals surface area contributed by atoms with Gasteiger partial charge in [0.25, 0.3) is 0 Å². The van der Waals surface area contributed by atoms with Gasteiger partial charge in [-0.2, -0.15) is 0 Å². The zero-order valence-corrected chi connectivity index (χ0v) is 11.2. The number of nitrogens with zero attached hydrogens (tertiary/aromatic N) is 1. The number of hydrogen-bond acceptors (Lipinski definition) is 4. The molecule has 1 saturated carbocycles. The lowest BCUT2D eigenvalue weighted by Crippen LogP contribution is -2.32. The Balaban J connectivity index is 1.77. The minimum atomic E-state index is -0.629. The number of aliphatic hydroxyl groups excluding tert-OH is 1. The summed E-state index contributed by atoms with van der Waals surface area (Å²) in [4.78, 5) is 15.6. The SMILES string of the molecule is O=C1CCC(C(O)Nc2cccc3cccnc23)CC1. The summed E-state index contributed by atoms with van der Waals surface area (Å²) in [7, 11) is 0. The summed E-state index contributed by atoms with van der Waals surface area (Å²) in [6.07, 6.45) is 3.79. The van der Waals surface area contributed by atoms with Gasteiger partial charge in [0.15, 0.2) is 0 Å². The van der Waals surface area contributed by atoms with Crippen LogP contribution < -0.4 is 5.32 Å². The molecule has 1 unspecified atom stereocenters. The van der Waals surface area contributed by atoms with Crippen molar-refractivity contribution >= 4 is 22.4 Å². The molecule has 1 fully saturated rings. The molecule has 20 heavy (non-hydrogen) atoms. The van der Waals surface area contributed by atoms with Gasteiger partial charge in [-0.25, -0.2) is 0 Å². The van der Waals surface area contributed by atoms with E-state index in [1.807, 2.05) is 30.3 Å². The van der Waals surface area contributed by atoms with Crippen LogP contribution in [0.1, 0.15) is 25.7 Å². The van der Waals surface area contributed by atoms with Gasteiger partial charge in [0.1, 0.15) is 12.0 Å². The third-order valence-corrected chi connectivity index (χ3v) is 3.97. The molecule has 4 heteroatoms. The predicted octanol–water partition coefficient (Wildman–Crippen LogP) is 2.72. The number of carbonyl (C=O) groups excluding carboxylic acids is 1. The lowest BCUT2D eigenvalue weighted by atomic mass is 9.87. The quantitative estimate of drug-likeness (QED) is 0.842. The number of anilines is 1. The maximum atomic E-state index is 11.3. The number of hydrogen-bond donors (Lipinski definition) is 2. The van der Waals surface area contributed by atoms with Gasteiger partial charge in [0.05, 0.1) is 11.2 Å². The second-order valence-electron chi connectivity index (χ2n) is 5.35. The van der Waals surface area contributed by atoms with E-state index < -0.39 is 6.23 Å². The molecule has 3 rings (SSSR count). The Labute approximate surface area is 117 Å². The molecule has 2 aromatic rings. The van der Waals surface area contributed by atoms with Gasteiger partial charge >= 0.3 is 0 Å². The molecule has 1 aliphatic rings. The summed E-state index contributed by atoms with van der Waals surface area (Å²) in [6, 6.07) is 9.77. The number of rotatable bonds is 3. The summed E-state index contributed by atoms with van der Waals surface area (Å²) in [6.45, 7) is 0. The minimum Gasteiger partial charge on any atom is -0.374 e. The highest BCUT2D eigenvalue weighted by Crippen LogP contribution is 2.27. The van der Waals surface area contributed by atoms with Gasteiger partial charge in [-0.05, 0) is 25.0 Å². The number of fused-ring (bicyclic) bond motifs is 1. The predicted molar refractivity (Wildman–Crippen MR) is 78.3 cm³/mol. The Morgan fingerprint density at radius 2 is 1.95 bits per heavy atom. The van der Waals surface area contributed by atoms with Crippen LogP contribution in [0.5, 0.6) is 0 Å². The molecule has 1 aromatic carbocycles. The van der Waals surface area contributed by atoms with E-state index in [9.17, 15) is 9.90 Å². The van der Waals surface area contributed by atoms with E-state index in [1.165, 1.54) is 0 Å². The molecule has 0 saturated heterocycles. The van der Waals surface area contributed by atoms with Crippen LogP contribution in [0.2, 0.25) is 0 Å². The van der Waals surface area contributed by atoms with Crippen molar-refractivity contribution in [3.05, 3.63) is 36.5 Å². The number of pyridine rings is 1. The average molecular weight is 270 g/mol. The number of Topliss-reactive ketones (excluding diaryl/α,β-unsaturated/α-hetero) is 1. The van der Waals surface area contributed by atoms with Gasteiger partial charge in [0, 0.05) is 30.3 Å². The lowest BCUT2D eigenvalue weighted by molar-refractivity contribution is -0.121. The highest BCUT2D eigenvalue weighted by atomic mass is 16.3. The summed E-state index contributed by atoms with van der Waals surface area (Å²) in [5.41, 5.74) is 1.70. The first-order valence-electron chi connectivity index (χ1n) is 7.04. The van der Waals surface area contributed by atoms with E-state index in [-0.39, 0.29) is 5.92 Å². The van der Waals surface area contributed by atoms with Crippen molar-refractivity contribution in [2.24, 2.45) is 5.92 Å². The van der Waals surface area contributed by atoms with Crippen LogP contribution >= 0.6 is 0 Å². The zero-order chi connectivity index (χ0) is 13.9. The summed E-state index contributed by atoms with van der Waals surface area (Å²) >= 11 is 0. The lowest BCUT2D eigenvalue weighted by Gasteiger charge is -2.27. The average Bonchev–Trinajstić information content (AvgIpc) is 2.48. The van der Waals surface area contributed by atoms with E-state index in [0.29, 0.717) is 18.6 Å². The number of aliphatic hydroxyl groups is 1. The molecule has 2 N–H and O–H groups in total. The van der Waals surface area contributed by atoms with Gasteiger partial charge < -0.3 is 10.4 Å². The van der Waals surface area contributed by atoms with Crippen LogP contribution in [-0.2, 0) is 4.79 Å². The molecular weight excluding hydrogens is 252 g/mol. The second-order valence-corrected chi connectivity index (χ2v) is 5.35. The fourth-order valence-electron chi connectivity index (χ4n) is 2.78. The summed E-state index contributed by atoms with van der Waals surface area (Å²) in [5.74, 6) is 0.437. The molecule has 104 valence electrons. The number of nitrogens with one attached hydrogen (secondary N) is 1. The van der Waals surface area contributed by atoms with Crippen molar-refractivity contribution in [3.8, 4) is 0 Å². The topological polar surface area (TPSA) is 62.2 Å². The van der Waals surface area contributed by atoms with Crippen LogP contribution in [0.15, 0.2) is 36.5 Å². The normalized spacial score (nSPS) is 18.1. The first kappa shape index (κ1) is 13.1. The monoisotopic (exact) mass is 270 g/mol. The number of benzene rings is 1. The first-order chi connectivity index (χ1) is 9.74. The van der Waals surface area contributed by atoms with Crippen LogP contribution in [0.3, 0.4) is 0 Å². The maximum Gasteiger partial charge on any atom is 0.132 e. The number of carbonyl (C=O) groups is 1. The maximum absolute atomic E-state index is 11.3. The molecule has 1 atom stereocenters. The Morgan fingerprint density at radius 3 is 2.75 bits per heavy atom. The Morgan fingerprint density at radius 1 is 1.20 bits per heavy atom. The molecule has 1 aromatic heterocycles. The zero-order valence-electron chi connectivity index (χ0n) is 11.2. The van der Waals surface area contributed by atoms with E-state index in [2.05, 4.69) is 10.3 Å². The third-order valence-electron chi connectivity index (χ3n) is 3.97. The van der Waals surface area contributed by atoms with Crippen LogP contribution in [0.25, 0.3) is 10.9 Å². The van der Waals surface area contributed by atoms with Gasteiger partial charge in [-0.3, -0.25) is 9.78 Å². The molecule has 0 bridgehead atoms.